The van der Waals surface area contributed by atoms with Gasteiger partial charge in [-0.25, -0.2) is 9.59 Å². The number of urea groups is 1. The Hall–Kier alpha value is -2.29. The third-order valence-electron chi connectivity index (χ3n) is 2.50. The zero-order valence-corrected chi connectivity index (χ0v) is 10.6. The highest BCUT2D eigenvalue weighted by molar-refractivity contribution is 5.93. The first-order valence-electron chi connectivity index (χ1n) is 5.83. The number of hydrogen-bond donors (Lipinski definition) is 4. The smallest absolute Gasteiger partial charge is 0.418 e. The van der Waals surface area contributed by atoms with Crippen LogP contribution in [-0.2, 0) is 11.0 Å². The fraction of sp³-hybridized carbons (Fsp3) is 0.333. The normalized spacial score (nSPS) is 12.6. The first kappa shape index (κ1) is 16.8. The highest BCUT2D eigenvalue weighted by Gasteiger charge is 2.33. The van der Waals surface area contributed by atoms with Crippen LogP contribution >= 0.6 is 0 Å². The lowest BCUT2D eigenvalue weighted by molar-refractivity contribution is -0.139. The zero-order valence-electron chi connectivity index (χ0n) is 10.6. The standard InChI is InChI=1S/C12H13F3N2O4/c13-12(14,15)7-3-1-2-4-8(7)16-11(21)17-9(5-6-18)10(19)20/h1-4,9,18H,5-6H2,(H,19,20)(H2,16,17,21)/t9-/m1/s1. The maximum Gasteiger partial charge on any atom is 0.418 e. The average Bonchev–Trinajstić information content (AvgIpc) is 2.37. The summed E-state index contributed by atoms with van der Waals surface area (Å²) >= 11 is 0. The fourth-order valence-electron chi connectivity index (χ4n) is 1.54. The van der Waals surface area contributed by atoms with Gasteiger partial charge in [-0.15, -0.1) is 0 Å². The lowest BCUT2D eigenvalue weighted by atomic mass is 10.1. The summed E-state index contributed by atoms with van der Waals surface area (Å²) in [6.45, 7) is -0.490. The molecular formula is C12H13F3N2O4. The number of halogens is 3. The number of alkyl halides is 3. The van der Waals surface area contributed by atoms with E-state index in [4.69, 9.17) is 10.2 Å². The molecule has 0 fully saturated rings. The number of aliphatic hydroxyl groups is 1. The van der Waals surface area contributed by atoms with Crippen molar-refractivity contribution in [2.75, 3.05) is 11.9 Å². The second kappa shape index (κ2) is 6.93. The molecule has 116 valence electrons. The quantitative estimate of drug-likeness (QED) is 0.665. The molecule has 0 radical (unpaired) electrons. The van der Waals surface area contributed by atoms with Crippen molar-refractivity contribution in [3.63, 3.8) is 0 Å². The largest absolute Gasteiger partial charge is 0.480 e. The van der Waals surface area contributed by atoms with Gasteiger partial charge in [-0.2, -0.15) is 13.2 Å². The van der Waals surface area contributed by atoms with E-state index in [2.05, 4.69) is 0 Å². The molecule has 9 heteroatoms. The van der Waals surface area contributed by atoms with Crippen molar-refractivity contribution in [1.29, 1.82) is 0 Å². The summed E-state index contributed by atoms with van der Waals surface area (Å²) in [5.74, 6) is -1.40. The number of nitrogens with one attached hydrogen (secondary N) is 2. The van der Waals surface area contributed by atoms with Gasteiger partial charge in [-0.3, -0.25) is 0 Å². The molecule has 0 saturated carbocycles. The topological polar surface area (TPSA) is 98.7 Å². The van der Waals surface area contributed by atoms with Crippen LogP contribution in [-0.4, -0.2) is 34.9 Å². The molecule has 1 atom stereocenters. The number of aliphatic carboxylic acids is 1. The van der Waals surface area contributed by atoms with Crippen molar-refractivity contribution in [2.45, 2.75) is 18.6 Å². The van der Waals surface area contributed by atoms with Crippen LogP contribution in [0.4, 0.5) is 23.7 Å². The van der Waals surface area contributed by atoms with E-state index in [-0.39, 0.29) is 6.42 Å². The van der Waals surface area contributed by atoms with Crippen molar-refractivity contribution >= 4 is 17.7 Å². The Morgan fingerprint density at radius 3 is 2.38 bits per heavy atom. The monoisotopic (exact) mass is 306 g/mol. The summed E-state index contributed by atoms with van der Waals surface area (Å²) < 4.78 is 38.1. The Morgan fingerprint density at radius 2 is 1.86 bits per heavy atom. The number of amides is 2. The maximum atomic E-state index is 12.7. The van der Waals surface area contributed by atoms with Crippen molar-refractivity contribution < 1.29 is 33.0 Å². The van der Waals surface area contributed by atoms with Gasteiger partial charge < -0.3 is 20.8 Å². The van der Waals surface area contributed by atoms with E-state index < -0.39 is 42.1 Å². The predicted molar refractivity (Wildman–Crippen MR) is 66.7 cm³/mol. The van der Waals surface area contributed by atoms with Crippen LogP contribution < -0.4 is 10.6 Å². The van der Waals surface area contributed by atoms with Crippen molar-refractivity contribution in [1.82, 2.24) is 5.32 Å². The summed E-state index contributed by atoms with van der Waals surface area (Å²) in [5.41, 5.74) is -1.54. The van der Waals surface area contributed by atoms with Gasteiger partial charge in [-0.05, 0) is 12.1 Å². The second-order valence-corrected chi connectivity index (χ2v) is 4.04. The van der Waals surface area contributed by atoms with Gasteiger partial charge in [-0.1, -0.05) is 12.1 Å². The van der Waals surface area contributed by atoms with Gasteiger partial charge in [0.05, 0.1) is 11.3 Å². The molecular weight excluding hydrogens is 293 g/mol. The van der Waals surface area contributed by atoms with E-state index in [1.165, 1.54) is 6.07 Å². The second-order valence-electron chi connectivity index (χ2n) is 4.04. The molecule has 6 nitrogen and oxygen atoms in total. The number of hydrogen-bond acceptors (Lipinski definition) is 3. The van der Waals surface area contributed by atoms with Crippen molar-refractivity contribution in [3.8, 4) is 0 Å². The molecule has 0 unspecified atom stereocenters. The van der Waals surface area contributed by atoms with Crippen LogP contribution in [0.25, 0.3) is 0 Å². The molecule has 1 aromatic rings. The van der Waals surface area contributed by atoms with E-state index in [1.54, 1.807) is 0 Å². The van der Waals surface area contributed by atoms with E-state index in [9.17, 15) is 22.8 Å². The number of anilines is 1. The fourth-order valence-corrected chi connectivity index (χ4v) is 1.54. The Labute approximate surface area is 117 Å². The van der Waals surface area contributed by atoms with Gasteiger partial charge in [0, 0.05) is 13.0 Å². The van der Waals surface area contributed by atoms with Gasteiger partial charge >= 0.3 is 18.2 Å². The molecule has 1 rings (SSSR count). The Kier molecular flexibility index (Phi) is 5.53. The third-order valence-corrected chi connectivity index (χ3v) is 2.50. The SMILES string of the molecule is O=C(Nc1ccccc1C(F)(F)F)N[C@H](CCO)C(=O)O. The lowest BCUT2D eigenvalue weighted by Gasteiger charge is -2.16. The third kappa shape index (κ3) is 4.95. The molecule has 0 saturated heterocycles. The summed E-state index contributed by atoms with van der Waals surface area (Å²) in [7, 11) is 0. The summed E-state index contributed by atoms with van der Waals surface area (Å²) in [6, 6.07) is 1.80. The molecule has 0 aliphatic heterocycles. The van der Waals surface area contributed by atoms with Crippen LogP contribution in [0.15, 0.2) is 24.3 Å². The van der Waals surface area contributed by atoms with Crippen LogP contribution in [0.1, 0.15) is 12.0 Å². The molecule has 0 aromatic heterocycles. The molecule has 21 heavy (non-hydrogen) atoms. The van der Waals surface area contributed by atoms with Crippen molar-refractivity contribution in [2.24, 2.45) is 0 Å². The molecule has 0 aliphatic rings. The minimum Gasteiger partial charge on any atom is -0.480 e. The molecule has 0 spiro atoms. The molecule has 1 aromatic carbocycles. The molecule has 4 N–H and O–H groups in total. The van der Waals surface area contributed by atoms with Crippen LogP contribution in [0, 0.1) is 0 Å². The van der Waals surface area contributed by atoms with Gasteiger partial charge in [0.25, 0.3) is 0 Å². The Bertz CT molecular complexity index is 519. The molecule has 0 heterocycles. The van der Waals surface area contributed by atoms with E-state index >= 15 is 0 Å². The summed E-state index contributed by atoms with van der Waals surface area (Å²) in [4.78, 5) is 22.3. The van der Waals surface area contributed by atoms with E-state index in [0.29, 0.717) is 0 Å². The number of carboxylic acid groups (broad SMARTS) is 1. The highest BCUT2D eigenvalue weighted by atomic mass is 19.4. The number of carboxylic acids is 1. The van der Waals surface area contributed by atoms with Crippen molar-refractivity contribution in [3.05, 3.63) is 29.8 Å². The summed E-state index contributed by atoms with van der Waals surface area (Å²) in [5, 5.41) is 21.3. The lowest BCUT2D eigenvalue weighted by Crippen LogP contribution is -2.43. The average molecular weight is 306 g/mol. The minimum absolute atomic E-state index is 0.260. The maximum absolute atomic E-state index is 12.7. The van der Waals surface area contributed by atoms with Crippen LogP contribution in [0.2, 0.25) is 0 Å². The van der Waals surface area contributed by atoms with E-state index in [1.807, 2.05) is 10.6 Å². The number of para-hydroxylation sites is 1. The Balaban J connectivity index is 2.82. The number of aliphatic hydroxyl groups excluding tert-OH is 1. The summed E-state index contributed by atoms with van der Waals surface area (Å²) in [6.07, 6.45) is -4.91. The zero-order chi connectivity index (χ0) is 16.0. The van der Waals surface area contributed by atoms with Gasteiger partial charge in [0.15, 0.2) is 0 Å². The predicted octanol–water partition coefficient (Wildman–Crippen LogP) is 1.66. The molecule has 2 amide bonds. The highest BCUT2D eigenvalue weighted by Crippen LogP contribution is 2.34. The number of benzene rings is 1. The Morgan fingerprint density at radius 1 is 1.24 bits per heavy atom. The van der Waals surface area contributed by atoms with Crippen LogP contribution in [0.5, 0.6) is 0 Å². The van der Waals surface area contributed by atoms with E-state index in [0.717, 1.165) is 18.2 Å². The minimum atomic E-state index is -4.65. The number of rotatable bonds is 5. The number of carbonyl (C=O) groups excluding carboxylic acids is 1. The van der Waals surface area contributed by atoms with Crippen LogP contribution in [0.3, 0.4) is 0 Å². The van der Waals surface area contributed by atoms with Gasteiger partial charge in [0.1, 0.15) is 6.04 Å². The molecule has 0 bridgehead atoms. The number of carbonyl (C=O) groups is 2. The van der Waals surface area contributed by atoms with Gasteiger partial charge in [0.2, 0.25) is 0 Å². The first-order valence-corrected chi connectivity index (χ1v) is 5.83. The molecule has 0 aliphatic carbocycles. The first-order chi connectivity index (χ1) is 9.75.